The fourth-order valence-electron chi connectivity index (χ4n) is 2.20. The van der Waals surface area contributed by atoms with Gasteiger partial charge in [-0.15, -0.1) is 11.3 Å². The Morgan fingerprint density at radius 1 is 1.53 bits per heavy atom. The van der Waals surface area contributed by atoms with E-state index in [4.69, 9.17) is 5.73 Å². The van der Waals surface area contributed by atoms with Crippen molar-refractivity contribution >= 4 is 27.3 Å². The van der Waals surface area contributed by atoms with Crippen LogP contribution in [0.4, 0.5) is 0 Å². The number of halogens is 1. The Balaban J connectivity index is 2.20. The van der Waals surface area contributed by atoms with Crippen molar-refractivity contribution in [3.05, 3.63) is 19.8 Å². The quantitative estimate of drug-likeness (QED) is 0.927. The minimum atomic E-state index is 0.667. The average Bonchev–Trinajstić information content (AvgIpc) is 2.53. The fourth-order valence-corrected chi connectivity index (χ4v) is 4.33. The smallest absolute Gasteiger partial charge is 0.0749 e. The summed E-state index contributed by atoms with van der Waals surface area (Å²) >= 11 is 5.48. The van der Waals surface area contributed by atoms with Crippen LogP contribution in [-0.4, -0.2) is 18.0 Å². The van der Waals surface area contributed by atoms with Crippen LogP contribution >= 0.6 is 27.3 Å². The molecule has 0 atom stereocenters. The third kappa shape index (κ3) is 2.28. The highest BCUT2D eigenvalue weighted by molar-refractivity contribution is 9.11. The first kappa shape index (κ1) is 11.6. The zero-order chi connectivity index (χ0) is 10.8. The van der Waals surface area contributed by atoms with Gasteiger partial charge in [0.25, 0.3) is 0 Å². The number of nitrogens with two attached hydrogens (primary N) is 1. The van der Waals surface area contributed by atoms with Gasteiger partial charge in [-0.3, -0.25) is 4.90 Å². The molecule has 0 amide bonds. The van der Waals surface area contributed by atoms with E-state index in [2.05, 4.69) is 27.8 Å². The van der Waals surface area contributed by atoms with Crippen LogP contribution in [0.25, 0.3) is 0 Å². The molecule has 0 unspecified atom stereocenters. The first-order valence-corrected chi connectivity index (χ1v) is 7.08. The maximum atomic E-state index is 5.78. The summed E-state index contributed by atoms with van der Waals surface area (Å²) in [7, 11) is 0. The second kappa shape index (κ2) is 4.95. The van der Waals surface area contributed by atoms with Gasteiger partial charge in [-0.1, -0.05) is 6.92 Å². The van der Waals surface area contributed by atoms with Crippen LogP contribution < -0.4 is 5.73 Å². The van der Waals surface area contributed by atoms with Gasteiger partial charge in [-0.2, -0.15) is 0 Å². The Morgan fingerprint density at radius 2 is 2.33 bits per heavy atom. The van der Waals surface area contributed by atoms with Crippen molar-refractivity contribution in [2.45, 2.75) is 32.9 Å². The van der Waals surface area contributed by atoms with Gasteiger partial charge in [0.05, 0.1) is 3.79 Å². The van der Waals surface area contributed by atoms with Crippen molar-refractivity contribution in [3.8, 4) is 0 Å². The molecule has 15 heavy (non-hydrogen) atoms. The molecule has 0 aliphatic carbocycles. The molecule has 1 aliphatic rings. The van der Waals surface area contributed by atoms with Crippen LogP contribution in [0.5, 0.6) is 0 Å². The van der Waals surface area contributed by atoms with Gasteiger partial charge in [0.2, 0.25) is 0 Å². The Labute approximate surface area is 104 Å². The summed E-state index contributed by atoms with van der Waals surface area (Å²) in [6.45, 7) is 6.43. The lowest BCUT2D eigenvalue weighted by Crippen LogP contribution is -2.30. The summed E-state index contributed by atoms with van der Waals surface area (Å²) in [6.07, 6.45) is 2.41. The monoisotopic (exact) mass is 288 g/mol. The number of nitrogens with zero attached hydrogens (tertiary/aromatic N) is 1. The third-order valence-corrected chi connectivity index (χ3v) is 4.95. The Hall–Kier alpha value is 0.1000. The van der Waals surface area contributed by atoms with E-state index < -0.39 is 0 Å². The summed E-state index contributed by atoms with van der Waals surface area (Å²) in [5.41, 5.74) is 8.63. The van der Waals surface area contributed by atoms with Gasteiger partial charge in [0.15, 0.2) is 0 Å². The fraction of sp³-hybridized carbons (Fsp3) is 0.636. The Kier molecular flexibility index (Phi) is 3.83. The molecule has 0 bridgehead atoms. The highest BCUT2D eigenvalue weighted by atomic mass is 79.9. The lowest BCUT2D eigenvalue weighted by atomic mass is 10.0. The van der Waals surface area contributed by atoms with Crippen molar-refractivity contribution in [1.29, 1.82) is 0 Å². The van der Waals surface area contributed by atoms with Gasteiger partial charge in [-0.25, -0.2) is 0 Å². The summed E-state index contributed by atoms with van der Waals surface area (Å²) < 4.78 is 1.24. The summed E-state index contributed by atoms with van der Waals surface area (Å²) in [5, 5.41) is 0. The average molecular weight is 289 g/mol. The first-order chi connectivity index (χ1) is 7.26. The van der Waals surface area contributed by atoms with Gasteiger partial charge in [0, 0.05) is 24.5 Å². The number of rotatable bonds is 3. The topological polar surface area (TPSA) is 29.3 Å². The highest BCUT2D eigenvalue weighted by Crippen LogP contribution is 2.36. The van der Waals surface area contributed by atoms with Crippen LogP contribution in [0, 0.1) is 0 Å². The van der Waals surface area contributed by atoms with E-state index in [1.54, 1.807) is 0 Å². The van der Waals surface area contributed by atoms with E-state index in [1.165, 1.54) is 45.7 Å². The Bertz CT molecular complexity index is 349. The number of fused-ring (bicyclic) bond motifs is 1. The molecule has 0 fully saturated rings. The standard InChI is InChI=1S/C11H17BrN2S/c1-2-4-14-5-3-8-9(6-13)11(12)15-10(8)7-14/h2-7,13H2,1H3. The Morgan fingerprint density at radius 3 is 3.00 bits per heavy atom. The van der Waals surface area contributed by atoms with Crippen LogP contribution in [0.2, 0.25) is 0 Å². The summed E-state index contributed by atoms with van der Waals surface area (Å²) in [4.78, 5) is 4.05. The third-order valence-electron chi connectivity index (χ3n) is 2.94. The minimum Gasteiger partial charge on any atom is -0.326 e. The molecule has 2 nitrogen and oxygen atoms in total. The molecule has 1 aromatic rings. The van der Waals surface area contributed by atoms with E-state index in [-0.39, 0.29) is 0 Å². The van der Waals surface area contributed by atoms with Gasteiger partial charge < -0.3 is 5.73 Å². The van der Waals surface area contributed by atoms with Crippen molar-refractivity contribution in [3.63, 3.8) is 0 Å². The zero-order valence-corrected chi connectivity index (χ0v) is 11.5. The van der Waals surface area contributed by atoms with Crippen LogP contribution in [0.1, 0.15) is 29.3 Å². The molecular weight excluding hydrogens is 272 g/mol. The SMILES string of the molecule is CCCN1CCc2c(sc(Br)c2CN)C1. The lowest BCUT2D eigenvalue weighted by Gasteiger charge is -2.26. The molecule has 2 rings (SSSR count). The molecule has 0 spiro atoms. The van der Waals surface area contributed by atoms with Crippen molar-refractivity contribution in [2.24, 2.45) is 5.73 Å². The molecule has 0 radical (unpaired) electrons. The van der Waals surface area contributed by atoms with E-state index in [0.717, 1.165) is 6.54 Å². The molecule has 1 aromatic heterocycles. The minimum absolute atomic E-state index is 0.667. The second-order valence-corrected chi connectivity index (χ2v) is 6.41. The predicted octanol–water partition coefficient (Wildman–Crippen LogP) is 2.74. The highest BCUT2D eigenvalue weighted by Gasteiger charge is 2.22. The molecule has 4 heteroatoms. The van der Waals surface area contributed by atoms with Gasteiger partial charge in [-0.05, 0) is 46.4 Å². The maximum absolute atomic E-state index is 5.78. The number of hydrogen-bond acceptors (Lipinski definition) is 3. The predicted molar refractivity (Wildman–Crippen MR) is 69.2 cm³/mol. The van der Waals surface area contributed by atoms with Gasteiger partial charge >= 0.3 is 0 Å². The van der Waals surface area contributed by atoms with Gasteiger partial charge in [0.1, 0.15) is 0 Å². The van der Waals surface area contributed by atoms with E-state index in [0.29, 0.717) is 6.54 Å². The van der Waals surface area contributed by atoms with E-state index >= 15 is 0 Å². The molecule has 0 saturated carbocycles. The first-order valence-electron chi connectivity index (χ1n) is 5.47. The molecular formula is C11H17BrN2S. The summed E-state index contributed by atoms with van der Waals surface area (Å²) in [6, 6.07) is 0. The van der Waals surface area contributed by atoms with Crippen LogP contribution in [0.15, 0.2) is 3.79 Å². The lowest BCUT2D eigenvalue weighted by molar-refractivity contribution is 0.257. The molecule has 2 heterocycles. The van der Waals surface area contributed by atoms with E-state index in [9.17, 15) is 0 Å². The van der Waals surface area contributed by atoms with Crippen molar-refractivity contribution in [2.75, 3.05) is 13.1 Å². The molecule has 1 aliphatic heterocycles. The number of thiophene rings is 1. The molecule has 0 aromatic carbocycles. The van der Waals surface area contributed by atoms with E-state index in [1.807, 2.05) is 11.3 Å². The molecule has 84 valence electrons. The number of hydrogen-bond donors (Lipinski definition) is 1. The largest absolute Gasteiger partial charge is 0.326 e. The molecule has 0 saturated heterocycles. The zero-order valence-electron chi connectivity index (χ0n) is 9.05. The van der Waals surface area contributed by atoms with Crippen LogP contribution in [0.3, 0.4) is 0 Å². The van der Waals surface area contributed by atoms with Crippen LogP contribution in [-0.2, 0) is 19.5 Å². The van der Waals surface area contributed by atoms with Crippen molar-refractivity contribution in [1.82, 2.24) is 4.90 Å². The summed E-state index contributed by atoms with van der Waals surface area (Å²) in [5.74, 6) is 0. The second-order valence-electron chi connectivity index (χ2n) is 3.99. The normalized spacial score (nSPS) is 16.7. The van der Waals surface area contributed by atoms with Crippen molar-refractivity contribution < 1.29 is 0 Å². The maximum Gasteiger partial charge on any atom is 0.0749 e. The molecule has 2 N–H and O–H groups in total.